The van der Waals surface area contributed by atoms with E-state index in [2.05, 4.69) is 20.3 Å². The topological polar surface area (TPSA) is 133 Å². The van der Waals surface area contributed by atoms with Crippen LogP contribution in [0.15, 0.2) is 81.1 Å². The first-order chi connectivity index (χ1) is 19.8. The lowest BCUT2D eigenvalue weighted by atomic mass is 10.1. The maximum absolute atomic E-state index is 13.7. The highest BCUT2D eigenvalue weighted by atomic mass is 16.5. The molecule has 0 aliphatic rings. The molecule has 4 heterocycles. The molecule has 2 N–H and O–H groups in total. The Bertz CT molecular complexity index is 2040. The summed E-state index contributed by atoms with van der Waals surface area (Å²) >= 11 is 0. The minimum atomic E-state index is -0.434. The van der Waals surface area contributed by atoms with Gasteiger partial charge in [0.15, 0.2) is 5.69 Å². The summed E-state index contributed by atoms with van der Waals surface area (Å²) in [7, 11) is 1.56. The van der Waals surface area contributed by atoms with E-state index in [4.69, 9.17) is 4.52 Å². The molecule has 0 unspecified atom stereocenters. The molecule has 0 atom stereocenters. The van der Waals surface area contributed by atoms with Crippen LogP contribution >= 0.6 is 0 Å². The van der Waals surface area contributed by atoms with Crippen LogP contribution in [0.4, 0.5) is 5.69 Å². The monoisotopic (exact) mass is 549 g/mol. The highest BCUT2D eigenvalue weighted by Gasteiger charge is 2.23. The number of hydrogen-bond acceptors (Lipinski definition) is 6. The van der Waals surface area contributed by atoms with Gasteiger partial charge in [0.25, 0.3) is 17.0 Å². The Balaban J connectivity index is 1.43. The first-order valence-electron chi connectivity index (χ1n) is 13.1. The fourth-order valence-corrected chi connectivity index (χ4v) is 5.18. The fourth-order valence-electron chi connectivity index (χ4n) is 5.18. The SMILES string of the molecule is CCn1c2c(C(=O)Nc3cccc(-c4ncc[nH]4)c3)nc(C)cc2c(=O)n1-c1ccc(-c2c(C)on(C)c2=O)cc1. The average Bonchev–Trinajstić information content (AvgIpc) is 3.66. The van der Waals surface area contributed by atoms with Gasteiger partial charge in [-0.3, -0.25) is 19.1 Å². The number of imidazole rings is 1. The number of nitrogens with one attached hydrogen (secondary N) is 2. The third-order valence-electron chi connectivity index (χ3n) is 6.98. The van der Waals surface area contributed by atoms with E-state index in [0.717, 1.165) is 5.56 Å². The molecule has 11 heteroatoms. The molecule has 2 aromatic carbocycles. The van der Waals surface area contributed by atoms with Crippen molar-refractivity contribution in [3.05, 3.63) is 105 Å². The van der Waals surface area contributed by atoms with E-state index in [1.165, 1.54) is 9.42 Å². The van der Waals surface area contributed by atoms with Gasteiger partial charge >= 0.3 is 0 Å². The van der Waals surface area contributed by atoms with Gasteiger partial charge in [-0.15, -0.1) is 0 Å². The molecule has 1 amide bonds. The summed E-state index contributed by atoms with van der Waals surface area (Å²) < 4.78 is 9.89. The van der Waals surface area contributed by atoms with Crippen molar-refractivity contribution in [3.8, 4) is 28.2 Å². The second-order valence-electron chi connectivity index (χ2n) is 9.69. The van der Waals surface area contributed by atoms with E-state index < -0.39 is 5.91 Å². The Kier molecular flexibility index (Phi) is 6.26. The van der Waals surface area contributed by atoms with E-state index in [1.54, 1.807) is 74.4 Å². The van der Waals surface area contributed by atoms with Crippen molar-refractivity contribution in [3.63, 3.8) is 0 Å². The quantitative estimate of drug-likeness (QED) is 0.316. The average molecular weight is 550 g/mol. The van der Waals surface area contributed by atoms with Gasteiger partial charge < -0.3 is 14.8 Å². The van der Waals surface area contributed by atoms with Crippen molar-refractivity contribution in [2.45, 2.75) is 27.3 Å². The lowest BCUT2D eigenvalue weighted by Crippen LogP contribution is -2.21. The zero-order valence-corrected chi connectivity index (χ0v) is 22.9. The van der Waals surface area contributed by atoms with Crippen molar-refractivity contribution in [1.82, 2.24) is 29.1 Å². The number of amides is 1. The molecule has 0 saturated heterocycles. The molecule has 4 aromatic heterocycles. The van der Waals surface area contributed by atoms with E-state index in [1.807, 2.05) is 25.1 Å². The summed E-state index contributed by atoms with van der Waals surface area (Å²) in [4.78, 5) is 51.7. The van der Waals surface area contributed by atoms with Crippen LogP contribution in [-0.4, -0.2) is 35.0 Å². The standard InChI is InChI=1S/C30H27N7O4/c1-5-36-26-23(29(39)37(36)22-11-9-19(10-12-22)24-18(3)41-35(4)30(24)40)15-17(2)33-25(26)28(38)34-21-8-6-7-20(16-21)27-31-13-14-32-27/h6-16H,5H2,1-4H3,(H,31,32)(H,34,38). The van der Waals surface area contributed by atoms with Gasteiger partial charge in [0, 0.05) is 42.9 Å². The molecule has 206 valence electrons. The van der Waals surface area contributed by atoms with Crippen molar-refractivity contribution in [1.29, 1.82) is 0 Å². The summed E-state index contributed by atoms with van der Waals surface area (Å²) in [6, 6.07) is 16.1. The van der Waals surface area contributed by atoms with Gasteiger partial charge in [-0.05, 0) is 56.7 Å². The molecular formula is C30H27N7O4. The normalized spacial score (nSPS) is 11.3. The number of carbonyl (C=O) groups excluding carboxylic acids is 1. The van der Waals surface area contributed by atoms with Crippen LogP contribution in [0.1, 0.15) is 28.9 Å². The zero-order valence-electron chi connectivity index (χ0n) is 22.9. The number of benzene rings is 2. The summed E-state index contributed by atoms with van der Waals surface area (Å²) in [5, 5.41) is 3.32. The first kappa shape index (κ1) is 25.8. The predicted octanol–water partition coefficient (Wildman–Crippen LogP) is 4.43. The maximum atomic E-state index is 13.7. The van der Waals surface area contributed by atoms with Crippen LogP contribution in [0.2, 0.25) is 0 Å². The summed E-state index contributed by atoms with van der Waals surface area (Å²) in [5.74, 6) is 0.761. The Labute approximate surface area is 233 Å². The minimum absolute atomic E-state index is 0.148. The van der Waals surface area contributed by atoms with E-state index in [9.17, 15) is 14.4 Å². The van der Waals surface area contributed by atoms with Crippen LogP contribution in [0.25, 0.3) is 39.1 Å². The molecule has 6 aromatic rings. The Morgan fingerprint density at radius 1 is 1.02 bits per heavy atom. The summed E-state index contributed by atoms with van der Waals surface area (Å²) in [6.45, 7) is 5.79. The highest BCUT2D eigenvalue weighted by molar-refractivity contribution is 6.10. The number of pyridine rings is 1. The van der Waals surface area contributed by atoms with Gasteiger partial charge in [0.05, 0.1) is 16.6 Å². The van der Waals surface area contributed by atoms with Crippen LogP contribution in [0, 0.1) is 13.8 Å². The number of nitrogens with zero attached hydrogens (tertiary/aromatic N) is 5. The predicted molar refractivity (Wildman–Crippen MR) is 155 cm³/mol. The zero-order chi connectivity index (χ0) is 28.8. The van der Waals surface area contributed by atoms with Crippen molar-refractivity contribution >= 4 is 22.5 Å². The van der Waals surface area contributed by atoms with Crippen LogP contribution in [-0.2, 0) is 13.6 Å². The molecule has 0 bridgehead atoms. The fraction of sp³-hybridized carbons (Fsp3) is 0.167. The molecule has 0 aliphatic carbocycles. The van der Waals surface area contributed by atoms with Gasteiger partial charge in [-0.25, -0.2) is 14.6 Å². The van der Waals surface area contributed by atoms with E-state index in [0.29, 0.717) is 57.2 Å². The molecule has 41 heavy (non-hydrogen) atoms. The number of H-pyrrole nitrogens is 1. The molecule has 0 aliphatic heterocycles. The number of fused-ring (bicyclic) bond motifs is 1. The third kappa shape index (κ3) is 4.37. The van der Waals surface area contributed by atoms with Gasteiger partial charge in [0.2, 0.25) is 0 Å². The molecule has 0 spiro atoms. The molecule has 6 rings (SSSR count). The number of aromatic amines is 1. The van der Waals surface area contributed by atoms with E-state index in [-0.39, 0.29) is 16.8 Å². The molecule has 0 fully saturated rings. The smallest absolute Gasteiger partial charge is 0.290 e. The number of rotatable bonds is 6. The molecule has 0 radical (unpaired) electrons. The van der Waals surface area contributed by atoms with Crippen LogP contribution < -0.4 is 16.4 Å². The third-order valence-corrected chi connectivity index (χ3v) is 6.98. The second-order valence-corrected chi connectivity index (χ2v) is 9.69. The maximum Gasteiger partial charge on any atom is 0.290 e. The van der Waals surface area contributed by atoms with Crippen molar-refractivity contribution < 1.29 is 9.32 Å². The van der Waals surface area contributed by atoms with Crippen LogP contribution in [0.5, 0.6) is 0 Å². The highest BCUT2D eigenvalue weighted by Crippen LogP contribution is 2.25. The summed E-state index contributed by atoms with van der Waals surface area (Å²) in [6.07, 6.45) is 3.39. The second kappa shape index (κ2) is 9.94. The lowest BCUT2D eigenvalue weighted by Gasteiger charge is -2.13. The Hall–Kier alpha value is -5.45. The number of aryl methyl sites for hydroxylation is 4. The first-order valence-corrected chi connectivity index (χ1v) is 13.1. The summed E-state index contributed by atoms with van der Waals surface area (Å²) in [5.41, 5.74) is 3.75. The number of anilines is 1. The minimum Gasteiger partial charge on any atom is -0.381 e. The molecule has 11 nitrogen and oxygen atoms in total. The number of carbonyl (C=O) groups is 1. The molecule has 0 saturated carbocycles. The molecular weight excluding hydrogens is 522 g/mol. The van der Waals surface area contributed by atoms with Crippen molar-refractivity contribution in [2.75, 3.05) is 5.32 Å². The Morgan fingerprint density at radius 3 is 2.46 bits per heavy atom. The lowest BCUT2D eigenvalue weighted by molar-refractivity contribution is 0.102. The van der Waals surface area contributed by atoms with Gasteiger partial charge in [-0.1, -0.05) is 24.3 Å². The number of hydrogen-bond donors (Lipinski definition) is 2. The van der Waals surface area contributed by atoms with Crippen LogP contribution in [0.3, 0.4) is 0 Å². The largest absolute Gasteiger partial charge is 0.381 e. The van der Waals surface area contributed by atoms with Gasteiger partial charge in [-0.2, -0.15) is 4.74 Å². The van der Waals surface area contributed by atoms with Crippen molar-refractivity contribution in [2.24, 2.45) is 7.05 Å². The number of aromatic nitrogens is 6. The Morgan fingerprint density at radius 2 is 1.80 bits per heavy atom. The van der Waals surface area contributed by atoms with E-state index >= 15 is 0 Å². The van der Waals surface area contributed by atoms with Gasteiger partial charge in [0.1, 0.15) is 17.1 Å².